The maximum absolute atomic E-state index is 12.7. The molecule has 11 nitrogen and oxygen atoms in total. The molecule has 0 bridgehead atoms. The first-order valence-corrected chi connectivity index (χ1v) is 15.0. The molecule has 4 N–H and O–H groups in total. The van der Waals surface area contributed by atoms with E-state index in [2.05, 4.69) is 42.8 Å². The quantitative estimate of drug-likeness (QED) is 0.243. The number of carbonyl (C=O) groups is 1. The van der Waals surface area contributed by atoms with E-state index in [0.717, 1.165) is 42.6 Å². The number of benzene rings is 2. The van der Waals surface area contributed by atoms with Gasteiger partial charge >= 0.3 is 0 Å². The van der Waals surface area contributed by atoms with E-state index in [9.17, 15) is 13.2 Å². The number of aromatic nitrogens is 3. The van der Waals surface area contributed by atoms with Crippen LogP contribution in [0.15, 0.2) is 60.8 Å². The maximum Gasteiger partial charge on any atom is 0.251 e. The summed E-state index contributed by atoms with van der Waals surface area (Å²) in [6.45, 7) is 2.33. The van der Waals surface area contributed by atoms with Gasteiger partial charge in [0.25, 0.3) is 5.91 Å². The summed E-state index contributed by atoms with van der Waals surface area (Å²) in [5, 5.41) is 10.5. The van der Waals surface area contributed by atoms with Crippen LogP contribution >= 0.6 is 0 Å². The summed E-state index contributed by atoms with van der Waals surface area (Å²) >= 11 is 0. The minimum absolute atomic E-state index is 0.0709. The monoisotopic (exact) mass is 562 g/mol. The number of nitrogens with one attached hydrogen (secondary N) is 4. The number of hydrogen-bond donors (Lipinski definition) is 4. The molecule has 40 heavy (non-hydrogen) atoms. The molecule has 5 rings (SSSR count). The number of carbonyl (C=O) groups excluding carboxylic acids is 1. The van der Waals surface area contributed by atoms with Gasteiger partial charge in [-0.15, -0.1) is 0 Å². The van der Waals surface area contributed by atoms with Gasteiger partial charge in [0.15, 0.2) is 0 Å². The van der Waals surface area contributed by atoms with Gasteiger partial charge in [0.2, 0.25) is 16.0 Å². The number of nitrogens with zero attached hydrogens (tertiary/aromatic N) is 4. The van der Waals surface area contributed by atoms with Crippen LogP contribution in [0.3, 0.4) is 0 Å². The SMILES string of the molecule is CN1CCC(NC(=O)c2ccc(Nc3nc(NCc4ccccc4N(C)S(C)(=O)=O)c4cc[nH]c4n3)cc2)CC1. The summed E-state index contributed by atoms with van der Waals surface area (Å²) in [4.78, 5) is 27.4. The predicted octanol–water partition coefficient (Wildman–Crippen LogP) is 3.53. The first kappa shape index (κ1) is 27.4. The fourth-order valence-corrected chi connectivity index (χ4v) is 5.25. The van der Waals surface area contributed by atoms with E-state index in [4.69, 9.17) is 0 Å². The lowest BCUT2D eigenvalue weighted by Gasteiger charge is -2.29. The molecule has 1 saturated heterocycles. The first-order valence-electron chi connectivity index (χ1n) is 13.1. The normalized spacial score (nSPS) is 14.7. The third-order valence-electron chi connectivity index (χ3n) is 7.15. The molecule has 0 radical (unpaired) electrons. The molecule has 0 unspecified atom stereocenters. The van der Waals surface area contributed by atoms with Gasteiger partial charge in [-0.05, 0) is 74.9 Å². The fraction of sp³-hybridized carbons (Fsp3) is 0.321. The molecular formula is C28H34N8O3S. The lowest BCUT2D eigenvalue weighted by Crippen LogP contribution is -2.43. The van der Waals surface area contributed by atoms with Crippen LogP contribution in [-0.4, -0.2) is 73.7 Å². The highest BCUT2D eigenvalue weighted by Gasteiger charge is 2.19. The van der Waals surface area contributed by atoms with Crippen molar-refractivity contribution in [2.75, 3.05) is 48.4 Å². The van der Waals surface area contributed by atoms with E-state index >= 15 is 0 Å². The van der Waals surface area contributed by atoms with Crippen LogP contribution in [0.25, 0.3) is 11.0 Å². The molecule has 0 atom stereocenters. The number of anilines is 4. The van der Waals surface area contributed by atoms with Gasteiger partial charge in [0.05, 0.1) is 17.3 Å². The predicted molar refractivity (Wildman–Crippen MR) is 159 cm³/mol. The average molecular weight is 563 g/mol. The lowest BCUT2D eigenvalue weighted by molar-refractivity contribution is 0.0917. The third kappa shape index (κ3) is 6.35. The minimum Gasteiger partial charge on any atom is -0.365 e. The number of sulfonamides is 1. The number of H-pyrrole nitrogens is 1. The van der Waals surface area contributed by atoms with Crippen molar-refractivity contribution in [2.24, 2.45) is 0 Å². The van der Waals surface area contributed by atoms with Crippen LogP contribution in [0, 0.1) is 0 Å². The molecule has 1 aliphatic rings. The Morgan fingerprint density at radius 1 is 1.07 bits per heavy atom. The highest BCUT2D eigenvalue weighted by atomic mass is 32.2. The second kappa shape index (κ2) is 11.5. The molecule has 1 aliphatic heterocycles. The van der Waals surface area contributed by atoms with E-state index < -0.39 is 10.0 Å². The molecule has 0 saturated carbocycles. The van der Waals surface area contributed by atoms with Crippen LogP contribution < -0.4 is 20.3 Å². The largest absolute Gasteiger partial charge is 0.365 e. The van der Waals surface area contributed by atoms with E-state index in [1.165, 1.54) is 17.6 Å². The Kier molecular flexibility index (Phi) is 7.90. The lowest BCUT2D eigenvalue weighted by atomic mass is 10.0. The standard InChI is InChI=1S/C28H34N8O3S/c1-35-16-13-22(14-17-35)31-27(37)19-8-10-21(11-9-19)32-28-33-25-23(12-15-29-25)26(34-28)30-18-20-6-4-5-7-24(20)36(2)40(3,38)39/h4-12,15,22H,13-14,16-18H2,1-3H3,(H,31,37)(H3,29,30,32,33,34). The summed E-state index contributed by atoms with van der Waals surface area (Å²) in [5.74, 6) is 0.903. The van der Waals surface area contributed by atoms with Crippen LogP contribution in [-0.2, 0) is 16.6 Å². The number of piperidine rings is 1. The molecule has 2 aromatic heterocycles. The molecule has 2 aromatic carbocycles. The van der Waals surface area contributed by atoms with Gasteiger partial charge in [-0.25, -0.2) is 8.42 Å². The molecule has 12 heteroatoms. The molecule has 0 aliphatic carbocycles. The summed E-state index contributed by atoms with van der Waals surface area (Å²) in [6, 6.07) is 16.6. The molecule has 0 spiro atoms. The number of hydrogen-bond acceptors (Lipinski definition) is 8. The average Bonchev–Trinajstić information content (AvgIpc) is 3.41. The zero-order valence-electron chi connectivity index (χ0n) is 22.8. The number of amides is 1. The van der Waals surface area contributed by atoms with Crippen LogP contribution in [0.2, 0.25) is 0 Å². The van der Waals surface area contributed by atoms with Crippen molar-refractivity contribution in [1.82, 2.24) is 25.2 Å². The molecular weight excluding hydrogens is 528 g/mol. The van der Waals surface area contributed by atoms with Crippen LogP contribution in [0.5, 0.6) is 0 Å². The summed E-state index contributed by atoms with van der Waals surface area (Å²) in [5.41, 5.74) is 3.39. The van der Waals surface area contributed by atoms with Gasteiger partial charge in [-0.1, -0.05) is 18.2 Å². The van der Waals surface area contributed by atoms with E-state index in [1.807, 2.05) is 30.3 Å². The van der Waals surface area contributed by atoms with Crippen molar-refractivity contribution < 1.29 is 13.2 Å². The van der Waals surface area contributed by atoms with Crippen molar-refractivity contribution in [3.05, 3.63) is 71.9 Å². The molecule has 1 fully saturated rings. The second-order valence-electron chi connectivity index (χ2n) is 10.1. The first-order chi connectivity index (χ1) is 19.2. The van der Waals surface area contributed by atoms with Crippen molar-refractivity contribution in [2.45, 2.75) is 25.4 Å². The van der Waals surface area contributed by atoms with Crippen LogP contribution in [0.4, 0.5) is 23.1 Å². The van der Waals surface area contributed by atoms with Gasteiger partial charge in [0, 0.05) is 37.1 Å². The number of aromatic amines is 1. The zero-order valence-corrected chi connectivity index (χ0v) is 23.6. The second-order valence-corrected chi connectivity index (χ2v) is 12.1. The van der Waals surface area contributed by atoms with E-state index in [1.54, 1.807) is 30.5 Å². The Morgan fingerprint density at radius 3 is 2.52 bits per heavy atom. The number of likely N-dealkylation sites (tertiary alicyclic amines) is 1. The van der Waals surface area contributed by atoms with Gasteiger partial charge in [-0.3, -0.25) is 9.10 Å². The smallest absolute Gasteiger partial charge is 0.251 e. The Hall–Kier alpha value is -4.16. The Labute approximate surface area is 234 Å². The highest BCUT2D eigenvalue weighted by molar-refractivity contribution is 7.92. The minimum atomic E-state index is -3.41. The van der Waals surface area contributed by atoms with Gasteiger partial charge in [-0.2, -0.15) is 9.97 Å². The van der Waals surface area contributed by atoms with Crippen molar-refractivity contribution in [1.29, 1.82) is 0 Å². The van der Waals surface area contributed by atoms with Crippen molar-refractivity contribution in [3.8, 4) is 0 Å². The maximum atomic E-state index is 12.7. The number of rotatable bonds is 9. The topological polar surface area (TPSA) is 135 Å². The van der Waals surface area contributed by atoms with E-state index in [-0.39, 0.29) is 11.9 Å². The van der Waals surface area contributed by atoms with Crippen LogP contribution in [0.1, 0.15) is 28.8 Å². The highest BCUT2D eigenvalue weighted by Crippen LogP contribution is 2.26. The number of fused-ring (bicyclic) bond motifs is 1. The molecule has 210 valence electrons. The Bertz CT molecular complexity index is 1600. The van der Waals surface area contributed by atoms with Crippen molar-refractivity contribution >= 4 is 50.1 Å². The molecule has 3 heterocycles. The van der Waals surface area contributed by atoms with Gasteiger partial charge in [0.1, 0.15) is 11.5 Å². The Balaban J connectivity index is 1.29. The molecule has 1 amide bonds. The summed E-state index contributed by atoms with van der Waals surface area (Å²) in [6.07, 6.45) is 4.88. The van der Waals surface area contributed by atoms with E-state index in [0.29, 0.717) is 35.2 Å². The fourth-order valence-electron chi connectivity index (χ4n) is 4.71. The summed E-state index contributed by atoms with van der Waals surface area (Å²) in [7, 11) is 0.225. The van der Waals surface area contributed by atoms with Gasteiger partial charge < -0.3 is 25.8 Å². The summed E-state index contributed by atoms with van der Waals surface area (Å²) < 4.78 is 25.5. The third-order valence-corrected chi connectivity index (χ3v) is 8.34. The molecule has 4 aromatic rings. The zero-order chi connectivity index (χ0) is 28.3. The number of para-hydroxylation sites is 1. The van der Waals surface area contributed by atoms with Crippen molar-refractivity contribution in [3.63, 3.8) is 0 Å². The Morgan fingerprint density at radius 2 is 1.80 bits per heavy atom.